The van der Waals surface area contributed by atoms with Crippen LogP contribution < -0.4 is 20.2 Å². The summed E-state index contributed by atoms with van der Waals surface area (Å²) in [4.78, 5) is 34.0. The maximum Gasteiger partial charge on any atom is 0.311 e. The summed E-state index contributed by atoms with van der Waals surface area (Å²) in [5.74, 6) is -0.751. The van der Waals surface area contributed by atoms with Gasteiger partial charge >= 0.3 is 5.69 Å². The van der Waals surface area contributed by atoms with Crippen molar-refractivity contribution in [1.82, 2.24) is 10.7 Å². The average molecular weight is 402 g/mol. The normalized spacial score (nSPS) is 10.4. The molecule has 3 N–H and O–H groups in total. The number of amides is 2. The lowest BCUT2D eigenvalue weighted by atomic mass is 10.2. The van der Waals surface area contributed by atoms with E-state index in [9.17, 15) is 24.8 Å². The standard InChI is InChI=1S/C18H18N4O7/c1-28-15-6-4-12(8-16(15)29-2)18(25)19-10-17(24)21-20-9-11-3-5-14(23)13(7-11)22(26)27/h3-9,23H,10H2,1-2H3,(H,19,25)(H,21,24). The highest BCUT2D eigenvalue weighted by Crippen LogP contribution is 2.27. The zero-order valence-electron chi connectivity index (χ0n) is 15.5. The van der Waals surface area contributed by atoms with E-state index in [0.717, 1.165) is 12.1 Å². The summed E-state index contributed by atoms with van der Waals surface area (Å²) < 4.78 is 10.2. The fraction of sp³-hybridized carbons (Fsp3) is 0.167. The van der Waals surface area contributed by atoms with Crippen molar-refractivity contribution in [2.75, 3.05) is 20.8 Å². The van der Waals surface area contributed by atoms with Crippen LogP contribution in [0.2, 0.25) is 0 Å². The molecule has 0 bridgehead atoms. The number of nitrogens with one attached hydrogen (secondary N) is 2. The van der Waals surface area contributed by atoms with Crippen LogP contribution in [0.25, 0.3) is 0 Å². The summed E-state index contributed by atoms with van der Waals surface area (Å²) in [5.41, 5.74) is 2.27. The first-order chi connectivity index (χ1) is 13.8. The number of hydrazone groups is 1. The zero-order chi connectivity index (χ0) is 21.4. The molecular weight excluding hydrogens is 384 g/mol. The van der Waals surface area contributed by atoms with E-state index in [0.29, 0.717) is 17.1 Å². The van der Waals surface area contributed by atoms with E-state index in [1.54, 1.807) is 6.07 Å². The van der Waals surface area contributed by atoms with Gasteiger partial charge in [0, 0.05) is 17.2 Å². The van der Waals surface area contributed by atoms with Crippen molar-refractivity contribution >= 4 is 23.7 Å². The van der Waals surface area contributed by atoms with E-state index in [1.807, 2.05) is 0 Å². The predicted octanol–water partition coefficient (Wildman–Crippen LogP) is 1.20. The molecule has 0 fully saturated rings. The van der Waals surface area contributed by atoms with E-state index in [4.69, 9.17) is 9.47 Å². The van der Waals surface area contributed by atoms with Crippen LogP contribution in [0.5, 0.6) is 17.2 Å². The lowest BCUT2D eigenvalue weighted by Crippen LogP contribution is -2.34. The molecule has 0 aliphatic carbocycles. The van der Waals surface area contributed by atoms with Crippen molar-refractivity contribution in [3.05, 3.63) is 57.6 Å². The molecule has 0 atom stereocenters. The van der Waals surface area contributed by atoms with Gasteiger partial charge in [-0.1, -0.05) is 0 Å². The van der Waals surface area contributed by atoms with Gasteiger partial charge in [0.05, 0.1) is 31.9 Å². The van der Waals surface area contributed by atoms with E-state index >= 15 is 0 Å². The largest absolute Gasteiger partial charge is 0.502 e. The fourth-order valence-corrected chi connectivity index (χ4v) is 2.23. The molecule has 0 unspecified atom stereocenters. The quantitative estimate of drug-likeness (QED) is 0.341. The first-order valence-corrected chi connectivity index (χ1v) is 8.15. The Labute approximate surface area is 165 Å². The van der Waals surface area contributed by atoms with Crippen molar-refractivity contribution in [1.29, 1.82) is 0 Å². The van der Waals surface area contributed by atoms with Crippen LogP contribution in [0.3, 0.4) is 0 Å². The Kier molecular flexibility index (Phi) is 7.07. The monoisotopic (exact) mass is 402 g/mol. The van der Waals surface area contributed by atoms with Gasteiger partial charge in [0.25, 0.3) is 11.8 Å². The molecule has 0 spiro atoms. The number of hydrogen-bond acceptors (Lipinski definition) is 8. The summed E-state index contributed by atoms with van der Waals surface area (Å²) >= 11 is 0. The number of ether oxygens (including phenoxy) is 2. The maximum absolute atomic E-state index is 12.1. The first kappa shape index (κ1) is 21.2. The van der Waals surface area contributed by atoms with Gasteiger partial charge in [0.15, 0.2) is 17.2 Å². The molecule has 0 saturated carbocycles. The van der Waals surface area contributed by atoms with Crippen molar-refractivity contribution in [3.8, 4) is 17.2 Å². The second kappa shape index (κ2) is 9.69. The van der Waals surface area contributed by atoms with E-state index in [-0.39, 0.29) is 12.1 Å². The fourth-order valence-electron chi connectivity index (χ4n) is 2.23. The average Bonchev–Trinajstić information content (AvgIpc) is 2.72. The van der Waals surface area contributed by atoms with Crippen molar-refractivity contribution in [2.45, 2.75) is 0 Å². The molecule has 2 aromatic carbocycles. The van der Waals surface area contributed by atoms with Gasteiger partial charge in [0.1, 0.15) is 0 Å². The van der Waals surface area contributed by atoms with Crippen LogP contribution >= 0.6 is 0 Å². The number of carbonyl (C=O) groups excluding carboxylic acids is 2. The van der Waals surface area contributed by atoms with Crippen LogP contribution in [0.4, 0.5) is 5.69 Å². The summed E-state index contributed by atoms with van der Waals surface area (Å²) in [7, 11) is 2.91. The first-order valence-electron chi connectivity index (χ1n) is 8.15. The molecule has 11 heteroatoms. The molecule has 2 aromatic rings. The number of nitrogens with zero attached hydrogens (tertiary/aromatic N) is 2. The predicted molar refractivity (Wildman–Crippen MR) is 102 cm³/mol. The maximum atomic E-state index is 12.1. The molecule has 2 amide bonds. The molecule has 0 aromatic heterocycles. The Morgan fingerprint density at radius 2 is 1.90 bits per heavy atom. The van der Waals surface area contributed by atoms with Gasteiger partial charge in [0.2, 0.25) is 0 Å². The van der Waals surface area contributed by atoms with E-state index in [1.165, 1.54) is 38.6 Å². The third-order valence-corrected chi connectivity index (χ3v) is 3.65. The summed E-state index contributed by atoms with van der Waals surface area (Å²) in [6.45, 7) is -0.347. The van der Waals surface area contributed by atoms with E-state index < -0.39 is 28.2 Å². The Bertz CT molecular complexity index is 959. The third kappa shape index (κ3) is 5.66. The zero-order valence-corrected chi connectivity index (χ0v) is 15.5. The number of hydrogen-bond donors (Lipinski definition) is 3. The minimum Gasteiger partial charge on any atom is -0.502 e. The molecule has 152 valence electrons. The van der Waals surface area contributed by atoms with Crippen LogP contribution in [0.15, 0.2) is 41.5 Å². The van der Waals surface area contributed by atoms with E-state index in [2.05, 4.69) is 15.8 Å². The molecule has 11 nitrogen and oxygen atoms in total. The Hall–Kier alpha value is -4.15. The number of carbonyl (C=O) groups is 2. The summed E-state index contributed by atoms with van der Waals surface area (Å²) in [5, 5.41) is 26.2. The second-order valence-electron chi connectivity index (χ2n) is 5.55. The Balaban J connectivity index is 1.90. The van der Waals surface area contributed by atoms with Crippen LogP contribution in [-0.4, -0.2) is 48.8 Å². The SMILES string of the molecule is COc1ccc(C(=O)NCC(=O)NN=Cc2ccc(O)c([N+](=O)[O-])c2)cc1OC. The van der Waals surface area contributed by atoms with Crippen molar-refractivity contribution < 1.29 is 29.1 Å². The highest BCUT2D eigenvalue weighted by molar-refractivity contribution is 5.97. The Morgan fingerprint density at radius 3 is 2.55 bits per heavy atom. The number of phenols is 1. The number of nitro groups is 1. The van der Waals surface area contributed by atoms with Crippen molar-refractivity contribution in [3.63, 3.8) is 0 Å². The van der Waals surface area contributed by atoms with Gasteiger partial charge in [-0.15, -0.1) is 0 Å². The number of rotatable bonds is 8. The highest BCUT2D eigenvalue weighted by atomic mass is 16.6. The second-order valence-corrected chi connectivity index (χ2v) is 5.55. The highest BCUT2D eigenvalue weighted by Gasteiger charge is 2.13. The number of nitro benzene ring substituents is 1. The number of aromatic hydroxyl groups is 1. The van der Waals surface area contributed by atoms with Crippen LogP contribution in [0, 0.1) is 10.1 Å². The molecule has 0 radical (unpaired) electrons. The molecule has 2 rings (SSSR count). The van der Waals surface area contributed by atoms with Gasteiger partial charge in [-0.2, -0.15) is 5.10 Å². The Morgan fingerprint density at radius 1 is 1.17 bits per heavy atom. The lowest BCUT2D eigenvalue weighted by molar-refractivity contribution is -0.385. The topological polar surface area (TPSA) is 152 Å². The number of phenolic OH excluding ortho intramolecular Hbond substituents is 1. The minimum atomic E-state index is -0.741. The van der Waals surface area contributed by atoms with Crippen LogP contribution in [-0.2, 0) is 4.79 Å². The van der Waals surface area contributed by atoms with Gasteiger partial charge in [-0.3, -0.25) is 19.7 Å². The van der Waals surface area contributed by atoms with Crippen LogP contribution in [0.1, 0.15) is 15.9 Å². The molecule has 29 heavy (non-hydrogen) atoms. The van der Waals surface area contributed by atoms with Gasteiger partial charge < -0.3 is 19.9 Å². The molecule has 0 aliphatic heterocycles. The molecule has 0 heterocycles. The van der Waals surface area contributed by atoms with Crippen molar-refractivity contribution in [2.24, 2.45) is 5.10 Å². The molecule has 0 aliphatic rings. The lowest BCUT2D eigenvalue weighted by Gasteiger charge is -2.09. The minimum absolute atomic E-state index is 0.273. The van der Waals surface area contributed by atoms with Gasteiger partial charge in [-0.05, 0) is 30.3 Å². The smallest absolute Gasteiger partial charge is 0.311 e. The van der Waals surface area contributed by atoms with Gasteiger partial charge in [-0.25, -0.2) is 5.43 Å². The number of methoxy groups -OCH3 is 2. The summed E-state index contributed by atoms with van der Waals surface area (Å²) in [6, 6.07) is 8.19. The third-order valence-electron chi connectivity index (χ3n) is 3.65. The summed E-state index contributed by atoms with van der Waals surface area (Å²) in [6.07, 6.45) is 1.17. The number of benzene rings is 2. The molecular formula is C18H18N4O7. The molecule has 0 saturated heterocycles.